The van der Waals surface area contributed by atoms with E-state index in [-0.39, 0.29) is 16.6 Å². The molecule has 2 fully saturated rings. The summed E-state index contributed by atoms with van der Waals surface area (Å²) in [5.41, 5.74) is 0.610. The fourth-order valence-electron chi connectivity index (χ4n) is 6.83. The van der Waals surface area contributed by atoms with Gasteiger partial charge in [-0.1, -0.05) is 87.0 Å². The van der Waals surface area contributed by atoms with Gasteiger partial charge >= 0.3 is 0 Å². The van der Waals surface area contributed by atoms with Crippen molar-refractivity contribution >= 4 is 21.7 Å². The number of benzene rings is 1. The van der Waals surface area contributed by atoms with Crippen LogP contribution in [0.3, 0.4) is 0 Å². The molecule has 2 heteroatoms. The Labute approximate surface area is 211 Å². The Balaban J connectivity index is 2.05. The molecule has 2 aliphatic carbocycles. The van der Waals surface area contributed by atoms with Crippen molar-refractivity contribution in [3.05, 3.63) is 52.9 Å². The second-order valence-electron chi connectivity index (χ2n) is 11.1. The first-order chi connectivity index (χ1) is 15.8. The van der Waals surface area contributed by atoms with E-state index < -0.39 is 0 Å². The molecule has 33 heavy (non-hydrogen) atoms. The molecule has 1 aromatic rings. The average molecular weight is 511 g/mol. The monoisotopic (exact) mass is 509 g/mol. The molecule has 1 aromatic carbocycles. The van der Waals surface area contributed by atoms with Crippen LogP contribution in [-0.4, -0.2) is 5.78 Å². The summed E-state index contributed by atoms with van der Waals surface area (Å²) in [6.45, 7) is 11.3. The van der Waals surface area contributed by atoms with Gasteiger partial charge in [0.15, 0.2) is 5.78 Å². The van der Waals surface area contributed by atoms with E-state index in [1.54, 1.807) is 0 Å². The third kappa shape index (κ3) is 5.85. The van der Waals surface area contributed by atoms with Crippen molar-refractivity contribution in [2.24, 2.45) is 28.6 Å². The lowest BCUT2D eigenvalue weighted by Crippen LogP contribution is -2.49. The number of carbonyl (C=O) groups excluding carboxylic acids is 1. The second-order valence-corrected chi connectivity index (χ2v) is 12.0. The first-order valence-electron chi connectivity index (χ1n) is 13.0. The molecule has 0 amide bonds. The molecule has 0 heterocycles. The van der Waals surface area contributed by atoms with Crippen molar-refractivity contribution < 1.29 is 4.79 Å². The Morgan fingerprint density at radius 3 is 2.33 bits per heavy atom. The Morgan fingerprint density at radius 1 is 1.18 bits per heavy atom. The average Bonchev–Trinajstić information content (AvgIpc) is 3.61. The van der Waals surface area contributed by atoms with Gasteiger partial charge in [0.05, 0.1) is 0 Å². The zero-order valence-electron chi connectivity index (χ0n) is 21.0. The first kappa shape index (κ1) is 26.3. The predicted molar refractivity (Wildman–Crippen MR) is 144 cm³/mol. The quantitative estimate of drug-likeness (QED) is 0.156. The fraction of sp³-hybridized carbons (Fsp3) is 0.613. The lowest BCUT2D eigenvalue weighted by molar-refractivity contribution is 0.0297. The van der Waals surface area contributed by atoms with Crippen molar-refractivity contribution in [3.63, 3.8) is 0 Å². The van der Waals surface area contributed by atoms with Gasteiger partial charge in [0, 0.05) is 22.9 Å². The number of ketones is 1. The lowest BCUT2D eigenvalue weighted by Gasteiger charge is -2.55. The van der Waals surface area contributed by atoms with E-state index in [0.29, 0.717) is 18.3 Å². The summed E-state index contributed by atoms with van der Waals surface area (Å²) in [5, 5.41) is 0. The number of halogens is 1. The third-order valence-corrected chi connectivity index (χ3v) is 9.36. The molecule has 0 N–H and O–H groups in total. The number of Topliss-reactive ketones (excluding diaryl/α,β-unsaturated/α-hetero) is 1. The minimum Gasteiger partial charge on any atom is -0.294 e. The molecule has 0 saturated heterocycles. The molecule has 0 bridgehead atoms. The zero-order chi connectivity index (χ0) is 24.1. The zero-order valence-corrected chi connectivity index (χ0v) is 22.6. The van der Waals surface area contributed by atoms with Crippen LogP contribution in [0.5, 0.6) is 0 Å². The maximum Gasteiger partial charge on any atom is 0.163 e. The molecule has 2 aliphatic rings. The van der Waals surface area contributed by atoms with Gasteiger partial charge in [-0.3, -0.25) is 4.79 Å². The fourth-order valence-corrected chi connectivity index (χ4v) is 7.10. The van der Waals surface area contributed by atoms with Gasteiger partial charge in [-0.25, -0.2) is 0 Å². The normalized spacial score (nSPS) is 20.8. The Morgan fingerprint density at radius 2 is 1.82 bits per heavy atom. The third-order valence-electron chi connectivity index (χ3n) is 8.83. The molecular weight excluding hydrogens is 468 g/mol. The minimum absolute atomic E-state index is 0.0208. The highest BCUT2D eigenvalue weighted by atomic mass is 79.9. The topological polar surface area (TPSA) is 17.1 Å². The van der Waals surface area contributed by atoms with E-state index in [1.807, 2.05) is 24.3 Å². The Kier molecular flexibility index (Phi) is 9.08. The maximum atomic E-state index is 13.7. The van der Waals surface area contributed by atoms with Crippen LogP contribution in [0, 0.1) is 46.8 Å². The number of hydrogen-bond donors (Lipinski definition) is 0. The van der Waals surface area contributed by atoms with Crippen LogP contribution in [0.4, 0.5) is 0 Å². The van der Waals surface area contributed by atoms with Gasteiger partial charge in [-0.05, 0) is 72.3 Å². The van der Waals surface area contributed by atoms with Crippen molar-refractivity contribution in [1.29, 1.82) is 0 Å². The van der Waals surface area contributed by atoms with Gasteiger partial charge < -0.3 is 0 Å². The van der Waals surface area contributed by atoms with Crippen LogP contribution >= 0.6 is 15.9 Å². The Hall–Kier alpha value is -1.33. The van der Waals surface area contributed by atoms with Crippen LogP contribution in [0.1, 0.15) is 102 Å². The smallest absolute Gasteiger partial charge is 0.163 e. The molecule has 0 spiro atoms. The minimum atomic E-state index is -0.175. The van der Waals surface area contributed by atoms with Crippen molar-refractivity contribution in [3.8, 4) is 12.3 Å². The van der Waals surface area contributed by atoms with E-state index in [1.165, 1.54) is 50.9 Å². The number of terminal acetylenes is 1. The van der Waals surface area contributed by atoms with Crippen molar-refractivity contribution in [1.82, 2.24) is 0 Å². The first-order valence-corrected chi connectivity index (χ1v) is 13.8. The number of rotatable bonds is 12. The second kappa shape index (κ2) is 11.4. The molecular formula is C31H42BrO. The highest BCUT2D eigenvalue weighted by Crippen LogP contribution is 2.62. The number of hydrogen-bond acceptors (Lipinski definition) is 1. The van der Waals surface area contributed by atoms with Gasteiger partial charge in [0.25, 0.3) is 0 Å². The summed E-state index contributed by atoms with van der Waals surface area (Å²) in [5.74, 6) is 6.61. The molecule has 0 aromatic heterocycles. The van der Waals surface area contributed by atoms with E-state index >= 15 is 0 Å². The van der Waals surface area contributed by atoms with Gasteiger partial charge in [0.2, 0.25) is 0 Å². The van der Waals surface area contributed by atoms with Crippen LogP contribution in [0.2, 0.25) is 0 Å². The summed E-state index contributed by atoms with van der Waals surface area (Å²) < 4.78 is 1.00. The molecule has 1 radical (unpaired) electrons. The number of allylic oxidation sites excluding steroid dienone is 1. The molecule has 179 valence electrons. The van der Waals surface area contributed by atoms with E-state index in [4.69, 9.17) is 6.42 Å². The van der Waals surface area contributed by atoms with Gasteiger partial charge in [0.1, 0.15) is 0 Å². The SMILES string of the molecule is C#CCC([C](C)C(CC=C)(CC(=O)c1ccc(Br)cc1)CC1CC1)(C(C)C)C1CCCCC1. The van der Waals surface area contributed by atoms with Gasteiger partial charge in [-0.2, -0.15) is 0 Å². The largest absolute Gasteiger partial charge is 0.294 e. The Bertz CT molecular complexity index is 837. The summed E-state index contributed by atoms with van der Waals surface area (Å²) >= 11 is 3.50. The van der Waals surface area contributed by atoms with Crippen LogP contribution in [-0.2, 0) is 0 Å². The number of carbonyl (C=O) groups is 1. The van der Waals surface area contributed by atoms with Crippen LogP contribution in [0.25, 0.3) is 0 Å². The van der Waals surface area contributed by atoms with Crippen molar-refractivity contribution in [2.75, 3.05) is 0 Å². The molecule has 1 nitrogen and oxygen atoms in total. The van der Waals surface area contributed by atoms with E-state index in [2.05, 4.69) is 55.3 Å². The lowest BCUT2D eigenvalue weighted by atomic mass is 9.48. The predicted octanol–water partition coefficient (Wildman–Crippen LogP) is 9.22. The molecule has 2 saturated carbocycles. The molecule has 0 aliphatic heterocycles. The standard InChI is InChI=1S/C31H42BrO/c1-6-19-30(21-25-13-14-25,22-29(33)26-15-17-28(32)18-16-26)24(5)31(20-7-2,23(3)4)27-11-9-8-10-12-27/h2,6,15-18,23,25,27H,1,8-14,19-22H2,3-5H3. The summed E-state index contributed by atoms with van der Waals surface area (Å²) in [6, 6.07) is 7.85. The molecule has 2 atom stereocenters. The van der Waals surface area contributed by atoms with E-state index in [0.717, 1.165) is 35.2 Å². The summed E-state index contributed by atoms with van der Waals surface area (Å²) in [7, 11) is 0. The highest BCUT2D eigenvalue weighted by molar-refractivity contribution is 9.10. The highest BCUT2D eigenvalue weighted by Gasteiger charge is 2.54. The molecule has 2 unspecified atom stereocenters. The summed E-state index contributed by atoms with van der Waals surface area (Å²) in [6.07, 6.45) is 20.4. The van der Waals surface area contributed by atoms with Gasteiger partial charge in [-0.15, -0.1) is 18.9 Å². The van der Waals surface area contributed by atoms with Crippen LogP contribution in [0.15, 0.2) is 41.4 Å². The maximum absolute atomic E-state index is 13.7. The van der Waals surface area contributed by atoms with Crippen molar-refractivity contribution in [2.45, 2.75) is 91.4 Å². The van der Waals surface area contributed by atoms with E-state index in [9.17, 15) is 4.79 Å². The summed E-state index contributed by atoms with van der Waals surface area (Å²) in [4.78, 5) is 13.7. The van der Waals surface area contributed by atoms with Crippen LogP contribution < -0.4 is 0 Å². The molecule has 3 rings (SSSR count).